The number of hydrogen-bond donors (Lipinski definition) is 2. The minimum absolute atomic E-state index is 0.00336. The van der Waals surface area contributed by atoms with Crippen molar-refractivity contribution in [3.63, 3.8) is 0 Å². The zero-order valence-corrected chi connectivity index (χ0v) is 13.9. The Hall–Kier alpha value is -3.15. The molecule has 1 saturated carbocycles. The third kappa shape index (κ3) is 3.10. The van der Waals surface area contributed by atoms with Crippen LogP contribution in [0.1, 0.15) is 13.3 Å². The van der Waals surface area contributed by atoms with Gasteiger partial charge in [0.1, 0.15) is 0 Å². The van der Waals surface area contributed by atoms with E-state index in [-0.39, 0.29) is 11.8 Å². The SMILES string of the molecule is C[C@@H]1C[C@@H]1C(=O)NNc1nnc(-c2ccccc2)n1-c1ccccc1. The molecule has 1 amide bonds. The molecule has 1 aliphatic rings. The first-order chi connectivity index (χ1) is 12.2. The molecule has 4 rings (SSSR count). The van der Waals surface area contributed by atoms with Gasteiger partial charge in [0.25, 0.3) is 0 Å². The minimum Gasteiger partial charge on any atom is -0.273 e. The molecule has 0 radical (unpaired) electrons. The summed E-state index contributed by atoms with van der Waals surface area (Å²) < 4.78 is 1.89. The molecule has 2 atom stereocenters. The molecule has 6 heteroatoms. The Morgan fingerprint density at radius 3 is 2.32 bits per heavy atom. The van der Waals surface area contributed by atoms with Crippen molar-refractivity contribution in [2.24, 2.45) is 11.8 Å². The van der Waals surface area contributed by atoms with Crippen molar-refractivity contribution in [2.45, 2.75) is 13.3 Å². The number of anilines is 1. The number of hydrazine groups is 1. The van der Waals surface area contributed by atoms with Crippen LogP contribution in [0.25, 0.3) is 17.1 Å². The van der Waals surface area contributed by atoms with Crippen LogP contribution in [0.3, 0.4) is 0 Å². The Morgan fingerprint density at radius 1 is 1.04 bits per heavy atom. The highest BCUT2D eigenvalue weighted by Gasteiger charge is 2.39. The van der Waals surface area contributed by atoms with Crippen molar-refractivity contribution in [3.05, 3.63) is 60.7 Å². The highest BCUT2D eigenvalue weighted by molar-refractivity contribution is 5.82. The number of nitrogens with zero attached hydrogens (tertiary/aromatic N) is 3. The van der Waals surface area contributed by atoms with Crippen molar-refractivity contribution in [1.82, 2.24) is 20.2 Å². The molecule has 1 aliphatic carbocycles. The minimum atomic E-state index is -0.00336. The zero-order chi connectivity index (χ0) is 17.2. The lowest BCUT2D eigenvalue weighted by molar-refractivity contribution is -0.122. The number of carbonyl (C=O) groups excluding carboxylic acids is 1. The topological polar surface area (TPSA) is 71.8 Å². The summed E-state index contributed by atoms with van der Waals surface area (Å²) in [7, 11) is 0. The fourth-order valence-electron chi connectivity index (χ4n) is 2.86. The Morgan fingerprint density at radius 2 is 1.68 bits per heavy atom. The summed E-state index contributed by atoms with van der Waals surface area (Å²) in [6.45, 7) is 2.07. The standard InChI is InChI=1S/C19H19N5O/c1-13-12-16(13)18(25)21-23-19-22-20-17(14-8-4-2-5-9-14)24(19)15-10-6-3-7-11-15/h2-11,13,16H,12H2,1H3,(H,21,25)(H,22,23)/t13-,16+/m1/s1. The van der Waals surface area contributed by atoms with Crippen molar-refractivity contribution in [3.8, 4) is 17.1 Å². The van der Waals surface area contributed by atoms with Gasteiger partial charge in [-0.25, -0.2) is 0 Å². The maximum absolute atomic E-state index is 12.1. The monoisotopic (exact) mass is 333 g/mol. The Balaban J connectivity index is 1.67. The van der Waals surface area contributed by atoms with Gasteiger partial charge in [0.05, 0.1) is 5.69 Å². The number of rotatable bonds is 5. The fraction of sp³-hybridized carbons (Fsp3) is 0.211. The Bertz CT molecular complexity index is 875. The van der Waals surface area contributed by atoms with Gasteiger partial charge in [-0.3, -0.25) is 20.2 Å². The number of carbonyl (C=O) groups is 1. The van der Waals surface area contributed by atoms with Crippen molar-refractivity contribution < 1.29 is 4.79 Å². The van der Waals surface area contributed by atoms with E-state index in [9.17, 15) is 4.79 Å². The molecule has 3 aromatic rings. The molecule has 0 spiro atoms. The van der Waals surface area contributed by atoms with E-state index in [4.69, 9.17) is 0 Å². The summed E-state index contributed by atoms with van der Waals surface area (Å²) in [6.07, 6.45) is 0.939. The van der Waals surface area contributed by atoms with Crippen LogP contribution < -0.4 is 10.9 Å². The molecule has 2 aromatic carbocycles. The highest BCUT2D eigenvalue weighted by atomic mass is 16.2. The van der Waals surface area contributed by atoms with Gasteiger partial charge in [0.15, 0.2) is 5.82 Å². The number of aromatic nitrogens is 3. The Kier molecular flexibility index (Phi) is 3.93. The molecule has 1 aromatic heterocycles. The van der Waals surface area contributed by atoms with Crippen LogP contribution in [0, 0.1) is 11.8 Å². The molecule has 2 N–H and O–H groups in total. The fourth-order valence-corrected chi connectivity index (χ4v) is 2.86. The molecule has 1 fully saturated rings. The lowest BCUT2D eigenvalue weighted by Gasteiger charge is -2.12. The first kappa shape index (κ1) is 15.4. The van der Waals surface area contributed by atoms with Gasteiger partial charge in [-0.1, -0.05) is 55.5 Å². The summed E-state index contributed by atoms with van der Waals surface area (Å²) in [5.41, 5.74) is 7.56. The first-order valence-electron chi connectivity index (χ1n) is 8.36. The predicted octanol–water partition coefficient (Wildman–Crippen LogP) is 3.03. The first-order valence-corrected chi connectivity index (χ1v) is 8.36. The number of amides is 1. The van der Waals surface area contributed by atoms with Crippen molar-refractivity contribution in [2.75, 3.05) is 5.43 Å². The maximum Gasteiger partial charge on any atom is 0.248 e. The molecule has 0 saturated heterocycles. The molecule has 25 heavy (non-hydrogen) atoms. The van der Waals surface area contributed by atoms with E-state index in [0.717, 1.165) is 17.7 Å². The average molecular weight is 333 g/mol. The van der Waals surface area contributed by atoms with Gasteiger partial charge >= 0.3 is 0 Å². The van der Waals surface area contributed by atoms with Gasteiger partial charge in [0, 0.05) is 11.5 Å². The maximum atomic E-state index is 12.1. The predicted molar refractivity (Wildman–Crippen MR) is 95.8 cm³/mol. The summed E-state index contributed by atoms with van der Waals surface area (Å²) in [6, 6.07) is 19.7. The molecule has 126 valence electrons. The number of benzene rings is 2. The van der Waals surface area contributed by atoms with Gasteiger partial charge in [-0.2, -0.15) is 0 Å². The summed E-state index contributed by atoms with van der Waals surface area (Å²) >= 11 is 0. The number of nitrogens with one attached hydrogen (secondary N) is 2. The second-order valence-electron chi connectivity index (χ2n) is 6.32. The van der Waals surface area contributed by atoms with Crippen LogP contribution in [-0.2, 0) is 4.79 Å². The molecule has 6 nitrogen and oxygen atoms in total. The molecule has 0 bridgehead atoms. The number of para-hydroxylation sites is 1. The van der Waals surface area contributed by atoms with E-state index in [1.54, 1.807) is 0 Å². The zero-order valence-electron chi connectivity index (χ0n) is 13.9. The summed E-state index contributed by atoms with van der Waals surface area (Å²) in [4.78, 5) is 12.1. The van der Waals surface area contributed by atoms with Crippen LogP contribution in [0.4, 0.5) is 5.95 Å². The van der Waals surface area contributed by atoms with E-state index in [0.29, 0.717) is 17.7 Å². The molecule has 0 unspecified atom stereocenters. The lowest BCUT2D eigenvalue weighted by atomic mass is 10.2. The van der Waals surface area contributed by atoms with E-state index in [1.807, 2.05) is 65.2 Å². The van der Waals surface area contributed by atoms with Crippen LogP contribution in [0.15, 0.2) is 60.7 Å². The van der Waals surface area contributed by atoms with Gasteiger partial charge in [0.2, 0.25) is 11.9 Å². The van der Waals surface area contributed by atoms with Gasteiger partial charge in [-0.15, -0.1) is 10.2 Å². The normalized spacial score (nSPS) is 18.6. The number of hydrogen-bond acceptors (Lipinski definition) is 4. The van der Waals surface area contributed by atoms with Gasteiger partial charge in [-0.05, 0) is 24.5 Å². The van der Waals surface area contributed by atoms with E-state index in [1.165, 1.54) is 0 Å². The molecular formula is C19H19N5O. The highest BCUT2D eigenvalue weighted by Crippen LogP contribution is 2.37. The third-order valence-electron chi connectivity index (χ3n) is 4.45. The van der Waals surface area contributed by atoms with E-state index in [2.05, 4.69) is 28.0 Å². The van der Waals surface area contributed by atoms with Crippen LogP contribution in [0.5, 0.6) is 0 Å². The Labute approximate surface area is 145 Å². The van der Waals surface area contributed by atoms with Gasteiger partial charge < -0.3 is 0 Å². The van der Waals surface area contributed by atoms with Crippen LogP contribution in [0.2, 0.25) is 0 Å². The summed E-state index contributed by atoms with van der Waals surface area (Å²) in [5.74, 6) is 1.73. The smallest absolute Gasteiger partial charge is 0.248 e. The van der Waals surface area contributed by atoms with Crippen molar-refractivity contribution >= 4 is 11.9 Å². The molecule has 0 aliphatic heterocycles. The average Bonchev–Trinajstić information content (AvgIpc) is 3.24. The quantitative estimate of drug-likeness (QED) is 0.704. The van der Waals surface area contributed by atoms with Crippen molar-refractivity contribution in [1.29, 1.82) is 0 Å². The second-order valence-corrected chi connectivity index (χ2v) is 6.32. The van der Waals surface area contributed by atoms with Crippen LogP contribution in [-0.4, -0.2) is 20.7 Å². The second kappa shape index (κ2) is 6.39. The third-order valence-corrected chi connectivity index (χ3v) is 4.45. The van der Waals surface area contributed by atoms with E-state index < -0.39 is 0 Å². The van der Waals surface area contributed by atoms with Crippen LogP contribution >= 0.6 is 0 Å². The summed E-state index contributed by atoms with van der Waals surface area (Å²) in [5, 5.41) is 8.54. The molecular weight excluding hydrogens is 314 g/mol. The van der Waals surface area contributed by atoms with E-state index >= 15 is 0 Å². The molecule has 1 heterocycles. The largest absolute Gasteiger partial charge is 0.273 e. The lowest BCUT2D eigenvalue weighted by Crippen LogP contribution is -2.32.